The van der Waals surface area contributed by atoms with E-state index in [4.69, 9.17) is 0 Å². The molecule has 4 heterocycles. The Morgan fingerprint density at radius 3 is 2.27 bits per heavy atom. The second-order valence-corrected chi connectivity index (χ2v) is 9.70. The third kappa shape index (κ3) is 5.52. The Labute approximate surface area is 228 Å². The smallest absolute Gasteiger partial charge is 0.350 e. The summed E-state index contributed by atoms with van der Waals surface area (Å²) < 4.78 is 84.6. The molecule has 0 unspecified atom stereocenters. The fraction of sp³-hybridized carbons (Fsp3) is 0.259. The molecule has 1 aromatic carbocycles. The Hall–Kier alpha value is -4.30. The highest BCUT2D eigenvalue weighted by Gasteiger charge is 2.41. The normalized spacial score (nSPS) is 14.8. The van der Waals surface area contributed by atoms with Gasteiger partial charge in [-0.1, -0.05) is 18.2 Å². The summed E-state index contributed by atoms with van der Waals surface area (Å²) in [4.78, 5) is 28.7. The van der Waals surface area contributed by atoms with Crippen molar-refractivity contribution in [2.45, 2.75) is 19.3 Å². The van der Waals surface area contributed by atoms with Crippen molar-refractivity contribution >= 4 is 16.5 Å². The largest absolute Gasteiger partial charge is 0.522 e. The number of fused-ring (bicyclic) bond motifs is 1. The van der Waals surface area contributed by atoms with Crippen molar-refractivity contribution in [3.05, 3.63) is 87.0 Å². The number of hydrazine groups is 1. The number of likely N-dealkylation sites (N-methyl/N-ethyl adjacent to an activating group) is 1. The minimum Gasteiger partial charge on any atom is -0.350 e. The van der Waals surface area contributed by atoms with Crippen LogP contribution >= 0.6 is 0 Å². The van der Waals surface area contributed by atoms with Gasteiger partial charge in [0.2, 0.25) is 0 Å². The number of rotatable bonds is 5. The van der Waals surface area contributed by atoms with Crippen molar-refractivity contribution in [3.8, 4) is 22.3 Å². The topological polar surface area (TPSA) is 75.5 Å². The Bertz CT molecular complexity index is 1800. The van der Waals surface area contributed by atoms with Crippen LogP contribution in [-0.2, 0) is 25.4 Å². The zero-order valence-corrected chi connectivity index (χ0v) is 21.9. The van der Waals surface area contributed by atoms with Crippen LogP contribution in [0.1, 0.15) is 11.3 Å². The summed E-state index contributed by atoms with van der Waals surface area (Å²) in [7, 11) is 4.30. The van der Waals surface area contributed by atoms with E-state index in [0.29, 0.717) is 33.3 Å². The lowest BCUT2D eigenvalue weighted by atomic mass is 9.94. The molecular formula is C27H23F6N5O3. The molecule has 3 aromatic heterocycles. The second kappa shape index (κ2) is 9.96. The van der Waals surface area contributed by atoms with Gasteiger partial charge in [0.05, 0.1) is 6.61 Å². The highest BCUT2D eigenvalue weighted by Crippen LogP contribution is 2.37. The fourth-order valence-electron chi connectivity index (χ4n) is 4.83. The molecule has 4 aromatic rings. The number of hydrogen-bond donors (Lipinski definition) is 1. The van der Waals surface area contributed by atoms with Gasteiger partial charge in [0, 0.05) is 80.1 Å². The number of nitrogens with zero attached hydrogens (tertiary/aromatic N) is 4. The first-order valence-corrected chi connectivity index (χ1v) is 12.1. The molecule has 1 N–H and O–H groups in total. The van der Waals surface area contributed by atoms with Gasteiger partial charge in [-0.2, -0.15) is 0 Å². The lowest BCUT2D eigenvalue weighted by molar-refractivity contribution is -0.330. The van der Waals surface area contributed by atoms with Gasteiger partial charge in [0.25, 0.3) is 11.1 Å². The Balaban J connectivity index is 1.68. The van der Waals surface area contributed by atoms with Crippen LogP contribution in [-0.4, -0.2) is 50.4 Å². The number of ether oxygens (including phenoxy) is 1. The van der Waals surface area contributed by atoms with E-state index in [1.165, 1.54) is 60.9 Å². The van der Waals surface area contributed by atoms with E-state index in [0.717, 1.165) is 11.2 Å². The van der Waals surface area contributed by atoms with Gasteiger partial charge in [0.1, 0.15) is 5.52 Å². The summed E-state index contributed by atoms with van der Waals surface area (Å²) in [6.45, 7) is -0.798. The van der Waals surface area contributed by atoms with Gasteiger partial charge in [-0.3, -0.25) is 14.3 Å². The van der Waals surface area contributed by atoms with Gasteiger partial charge in [-0.05, 0) is 28.8 Å². The number of alkyl halides is 6. The number of H-pyrrole nitrogens is 1. The van der Waals surface area contributed by atoms with E-state index in [1.54, 1.807) is 18.2 Å². The van der Waals surface area contributed by atoms with Gasteiger partial charge in [-0.25, -0.2) is 10.0 Å². The summed E-state index contributed by atoms with van der Waals surface area (Å²) in [6.07, 6.45) is -5.48. The van der Waals surface area contributed by atoms with Gasteiger partial charge in [0.15, 0.2) is 0 Å². The fourth-order valence-corrected chi connectivity index (χ4v) is 4.83. The van der Waals surface area contributed by atoms with Crippen LogP contribution in [0, 0.1) is 0 Å². The highest BCUT2D eigenvalue weighted by atomic mass is 19.4. The maximum Gasteiger partial charge on any atom is 0.522 e. The number of hydrogen-bond acceptors (Lipinski definition) is 5. The number of aromatic amines is 1. The third-order valence-electron chi connectivity index (χ3n) is 6.77. The van der Waals surface area contributed by atoms with Crippen LogP contribution in [0.15, 0.2) is 64.6 Å². The van der Waals surface area contributed by atoms with Crippen LogP contribution < -0.4 is 11.1 Å². The average molecular weight is 580 g/mol. The van der Waals surface area contributed by atoms with E-state index in [1.807, 2.05) is 0 Å². The molecule has 1 aliphatic heterocycles. The van der Waals surface area contributed by atoms with Crippen LogP contribution in [0.2, 0.25) is 0 Å². The number of nitrogens with one attached hydrogen (secondary N) is 1. The molecule has 0 atom stereocenters. The summed E-state index contributed by atoms with van der Waals surface area (Å²) >= 11 is 0. The summed E-state index contributed by atoms with van der Waals surface area (Å²) in [6, 6.07) is 9.08. The van der Waals surface area contributed by atoms with Crippen LogP contribution in [0.4, 0.5) is 26.3 Å². The SMILES string of the molecule is CN1CC(c2cc3c(-c4cc(=O)n(C)cc4-c4cccc(COC(F)(F)F)c4)cn(C)c(=O)c3[nH]2)=CN1C(F)(F)F. The maximum atomic E-state index is 13.4. The quantitative estimate of drug-likeness (QED) is 0.267. The Morgan fingerprint density at radius 1 is 0.902 bits per heavy atom. The van der Waals surface area contributed by atoms with Crippen LogP contribution in [0.5, 0.6) is 0 Å². The molecule has 0 spiro atoms. The molecule has 0 bridgehead atoms. The Kier molecular flexibility index (Phi) is 6.86. The second-order valence-electron chi connectivity index (χ2n) is 9.70. The van der Waals surface area contributed by atoms with Crippen molar-refractivity contribution < 1.29 is 31.1 Å². The molecule has 216 valence electrons. The van der Waals surface area contributed by atoms with Crippen molar-refractivity contribution in [1.82, 2.24) is 24.1 Å². The number of aromatic nitrogens is 3. The Morgan fingerprint density at radius 2 is 1.61 bits per heavy atom. The first-order valence-electron chi connectivity index (χ1n) is 12.1. The summed E-state index contributed by atoms with van der Waals surface area (Å²) in [5.74, 6) is 0. The van der Waals surface area contributed by atoms with E-state index >= 15 is 0 Å². The van der Waals surface area contributed by atoms with E-state index in [2.05, 4.69) is 9.72 Å². The molecule has 0 aliphatic carbocycles. The van der Waals surface area contributed by atoms with Gasteiger partial charge in [-0.15, -0.1) is 26.3 Å². The molecule has 0 radical (unpaired) electrons. The predicted molar refractivity (Wildman–Crippen MR) is 139 cm³/mol. The monoisotopic (exact) mass is 579 g/mol. The molecule has 0 fully saturated rings. The molecule has 0 amide bonds. The number of pyridine rings is 2. The summed E-state index contributed by atoms with van der Waals surface area (Å²) in [5.41, 5.74) is 1.87. The first kappa shape index (κ1) is 28.2. The first-order chi connectivity index (χ1) is 19.1. The lowest BCUT2D eigenvalue weighted by Gasteiger charge is -2.26. The number of aryl methyl sites for hydroxylation is 2. The van der Waals surface area contributed by atoms with Gasteiger partial charge < -0.3 is 14.1 Å². The van der Waals surface area contributed by atoms with Gasteiger partial charge >= 0.3 is 12.7 Å². The maximum absolute atomic E-state index is 13.4. The predicted octanol–water partition coefficient (Wildman–Crippen LogP) is 4.96. The minimum absolute atomic E-state index is 0.0775. The molecule has 14 heteroatoms. The molecular weight excluding hydrogens is 556 g/mol. The van der Waals surface area contributed by atoms with E-state index < -0.39 is 24.8 Å². The van der Waals surface area contributed by atoms with Crippen molar-refractivity contribution in [3.63, 3.8) is 0 Å². The highest BCUT2D eigenvalue weighted by molar-refractivity contribution is 6.00. The molecule has 0 saturated heterocycles. The van der Waals surface area contributed by atoms with E-state index in [9.17, 15) is 35.9 Å². The standard InChI is InChI=1S/C27H23F6N5O3/c1-35-12-20(16-6-4-5-15(7-16)14-41-27(31,32)33)18(9-23(35)39)21-13-36(2)25(40)24-19(21)8-22(34-24)17-10-37(3)38(11-17)26(28,29)30/h4-9,11-13,34H,10,14H2,1-3H3. The van der Waals surface area contributed by atoms with E-state index in [-0.39, 0.29) is 33.8 Å². The molecule has 8 nitrogen and oxygen atoms in total. The number of benzene rings is 1. The lowest BCUT2D eigenvalue weighted by Crippen LogP contribution is -2.42. The van der Waals surface area contributed by atoms with Crippen LogP contribution in [0.25, 0.3) is 38.7 Å². The number of halogens is 6. The molecule has 1 aliphatic rings. The zero-order valence-electron chi connectivity index (χ0n) is 21.9. The molecule has 0 saturated carbocycles. The van der Waals surface area contributed by atoms with Crippen LogP contribution in [0.3, 0.4) is 0 Å². The minimum atomic E-state index is -4.81. The van der Waals surface area contributed by atoms with Crippen molar-refractivity contribution in [1.29, 1.82) is 0 Å². The van der Waals surface area contributed by atoms with Crippen molar-refractivity contribution in [2.75, 3.05) is 13.6 Å². The third-order valence-corrected chi connectivity index (χ3v) is 6.77. The molecule has 5 rings (SSSR count). The average Bonchev–Trinajstić information content (AvgIpc) is 3.50. The molecule has 41 heavy (non-hydrogen) atoms. The summed E-state index contributed by atoms with van der Waals surface area (Å²) in [5, 5.41) is 1.48. The zero-order chi connectivity index (χ0) is 29.9. The van der Waals surface area contributed by atoms with Crippen molar-refractivity contribution in [2.24, 2.45) is 14.1 Å².